The first-order valence-electron chi connectivity index (χ1n) is 10.3. The number of anilines is 1. The fourth-order valence-corrected chi connectivity index (χ4v) is 4.69. The lowest BCUT2D eigenvalue weighted by Crippen LogP contribution is -2.48. The SMILES string of the molecule is COc1ccc(N2CCN(C(=O)c3cc(-c4ccsc4)nc4ccccc34)CC2)cc1. The van der Waals surface area contributed by atoms with Crippen LogP contribution in [0.1, 0.15) is 10.4 Å². The third-order valence-electron chi connectivity index (χ3n) is 5.77. The number of thiophene rings is 1. The Balaban J connectivity index is 1.39. The van der Waals surface area contributed by atoms with Gasteiger partial charge in [0.05, 0.1) is 23.9 Å². The Kier molecular flexibility index (Phi) is 5.30. The molecule has 1 amide bonds. The van der Waals surface area contributed by atoms with E-state index in [1.54, 1.807) is 18.4 Å². The maximum absolute atomic E-state index is 13.5. The van der Waals surface area contributed by atoms with E-state index in [9.17, 15) is 4.79 Å². The van der Waals surface area contributed by atoms with Gasteiger partial charge < -0.3 is 14.5 Å². The number of amides is 1. The second-order valence-electron chi connectivity index (χ2n) is 7.56. The van der Waals surface area contributed by atoms with Gasteiger partial charge in [0, 0.05) is 48.2 Å². The lowest BCUT2D eigenvalue weighted by atomic mass is 10.0. The first kappa shape index (κ1) is 19.6. The molecule has 5 nitrogen and oxygen atoms in total. The van der Waals surface area contributed by atoms with Crippen LogP contribution < -0.4 is 9.64 Å². The molecule has 4 aromatic rings. The van der Waals surface area contributed by atoms with E-state index >= 15 is 0 Å². The summed E-state index contributed by atoms with van der Waals surface area (Å²) in [5.41, 5.74) is 4.63. The van der Waals surface area contributed by atoms with Crippen molar-refractivity contribution in [3.05, 3.63) is 77.0 Å². The normalized spacial score (nSPS) is 14.1. The molecule has 5 rings (SSSR count). The van der Waals surface area contributed by atoms with Crippen LogP contribution in [0.4, 0.5) is 5.69 Å². The molecule has 6 heteroatoms. The van der Waals surface area contributed by atoms with Gasteiger partial charge in [-0.2, -0.15) is 11.3 Å². The Bertz CT molecular complexity index is 1200. The van der Waals surface area contributed by atoms with E-state index in [-0.39, 0.29) is 5.91 Å². The zero-order valence-corrected chi connectivity index (χ0v) is 18.1. The van der Waals surface area contributed by atoms with E-state index < -0.39 is 0 Å². The van der Waals surface area contributed by atoms with E-state index in [2.05, 4.69) is 22.4 Å². The summed E-state index contributed by atoms with van der Waals surface area (Å²) >= 11 is 1.63. The third kappa shape index (κ3) is 3.86. The van der Waals surface area contributed by atoms with Gasteiger partial charge in [0.25, 0.3) is 5.91 Å². The highest BCUT2D eigenvalue weighted by Crippen LogP contribution is 2.28. The van der Waals surface area contributed by atoms with Crippen molar-refractivity contribution in [2.24, 2.45) is 0 Å². The Morgan fingerprint density at radius 3 is 2.48 bits per heavy atom. The number of para-hydroxylation sites is 1. The van der Waals surface area contributed by atoms with Crippen molar-refractivity contribution in [3.63, 3.8) is 0 Å². The molecule has 31 heavy (non-hydrogen) atoms. The molecule has 0 atom stereocenters. The highest BCUT2D eigenvalue weighted by Gasteiger charge is 2.24. The van der Waals surface area contributed by atoms with E-state index in [4.69, 9.17) is 9.72 Å². The molecule has 3 heterocycles. The monoisotopic (exact) mass is 429 g/mol. The van der Waals surface area contributed by atoms with Crippen molar-refractivity contribution >= 4 is 33.8 Å². The van der Waals surface area contributed by atoms with Gasteiger partial charge >= 0.3 is 0 Å². The molecule has 1 aliphatic rings. The number of hydrogen-bond acceptors (Lipinski definition) is 5. The Hall–Kier alpha value is -3.38. The number of fused-ring (bicyclic) bond motifs is 1. The minimum atomic E-state index is 0.0736. The topological polar surface area (TPSA) is 45.7 Å². The number of carbonyl (C=O) groups excluding carboxylic acids is 1. The van der Waals surface area contributed by atoms with Crippen LogP contribution in [0, 0.1) is 0 Å². The number of methoxy groups -OCH3 is 1. The number of ether oxygens (including phenoxy) is 1. The molecule has 1 saturated heterocycles. The number of rotatable bonds is 4. The maximum Gasteiger partial charge on any atom is 0.254 e. The van der Waals surface area contributed by atoms with Gasteiger partial charge in [0.15, 0.2) is 0 Å². The van der Waals surface area contributed by atoms with Crippen LogP contribution in [0.15, 0.2) is 71.4 Å². The summed E-state index contributed by atoms with van der Waals surface area (Å²) < 4.78 is 5.25. The zero-order valence-electron chi connectivity index (χ0n) is 17.3. The zero-order chi connectivity index (χ0) is 21.2. The average molecular weight is 430 g/mol. The van der Waals surface area contributed by atoms with E-state index in [0.29, 0.717) is 13.1 Å². The summed E-state index contributed by atoms with van der Waals surface area (Å²) in [6, 6.07) is 20.0. The van der Waals surface area contributed by atoms with Crippen molar-refractivity contribution in [2.45, 2.75) is 0 Å². The molecular formula is C25H23N3O2S. The molecule has 2 aromatic heterocycles. The molecule has 1 fully saturated rings. The largest absolute Gasteiger partial charge is 0.497 e. The fraction of sp³-hybridized carbons (Fsp3) is 0.200. The standard InChI is InChI=1S/C25H23N3O2S/c1-30-20-8-6-19(7-9-20)27-11-13-28(14-12-27)25(29)22-16-24(18-10-15-31-17-18)26-23-5-3-2-4-21(22)23/h2-10,15-17H,11-14H2,1H3. The Morgan fingerprint density at radius 1 is 1.00 bits per heavy atom. The van der Waals surface area contributed by atoms with Gasteiger partial charge in [-0.25, -0.2) is 4.98 Å². The predicted octanol–water partition coefficient (Wildman–Crippen LogP) is 4.93. The van der Waals surface area contributed by atoms with Crippen molar-refractivity contribution in [2.75, 3.05) is 38.2 Å². The number of piperazine rings is 1. The summed E-state index contributed by atoms with van der Waals surface area (Å²) in [7, 11) is 1.67. The molecule has 0 bridgehead atoms. The molecular weight excluding hydrogens is 406 g/mol. The first-order valence-corrected chi connectivity index (χ1v) is 11.3. The predicted molar refractivity (Wildman–Crippen MR) is 126 cm³/mol. The van der Waals surface area contributed by atoms with E-state index in [0.717, 1.165) is 52.3 Å². The lowest BCUT2D eigenvalue weighted by molar-refractivity contribution is 0.0748. The van der Waals surface area contributed by atoms with Crippen LogP contribution in [0.3, 0.4) is 0 Å². The molecule has 156 valence electrons. The summed E-state index contributed by atoms with van der Waals surface area (Å²) in [6.07, 6.45) is 0. The average Bonchev–Trinajstić information content (AvgIpc) is 3.38. The molecule has 0 unspecified atom stereocenters. The van der Waals surface area contributed by atoms with Crippen molar-refractivity contribution in [3.8, 4) is 17.0 Å². The van der Waals surface area contributed by atoms with Gasteiger partial charge in [-0.3, -0.25) is 4.79 Å². The van der Waals surface area contributed by atoms with Gasteiger partial charge in [-0.15, -0.1) is 0 Å². The second kappa shape index (κ2) is 8.40. The van der Waals surface area contributed by atoms with Crippen LogP contribution in [-0.2, 0) is 0 Å². The Labute approximate surface area is 185 Å². The number of benzene rings is 2. The van der Waals surface area contributed by atoms with Crippen molar-refractivity contribution in [1.82, 2.24) is 9.88 Å². The fourth-order valence-electron chi connectivity index (χ4n) is 4.04. The molecule has 0 N–H and O–H groups in total. The Morgan fingerprint density at radius 2 is 1.77 bits per heavy atom. The summed E-state index contributed by atoms with van der Waals surface area (Å²) in [4.78, 5) is 22.6. The minimum Gasteiger partial charge on any atom is -0.497 e. The van der Waals surface area contributed by atoms with Crippen LogP contribution in [0.5, 0.6) is 5.75 Å². The van der Waals surface area contributed by atoms with Crippen molar-refractivity contribution in [1.29, 1.82) is 0 Å². The summed E-state index contributed by atoms with van der Waals surface area (Å²) in [6.45, 7) is 2.99. The van der Waals surface area contributed by atoms with Crippen LogP contribution in [0.25, 0.3) is 22.2 Å². The smallest absolute Gasteiger partial charge is 0.254 e. The van der Waals surface area contributed by atoms with Crippen molar-refractivity contribution < 1.29 is 9.53 Å². The van der Waals surface area contributed by atoms with Gasteiger partial charge in [-0.1, -0.05) is 18.2 Å². The van der Waals surface area contributed by atoms with Crippen LogP contribution >= 0.6 is 11.3 Å². The quantitative estimate of drug-likeness (QED) is 0.461. The number of pyridine rings is 1. The van der Waals surface area contributed by atoms with E-state index in [1.807, 2.05) is 58.8 Å². The lowest BCUT2D eigenvalue weighted by Gasteiger charge is -2.36. The highest BCUT2D eigenvalue weighted by molar-refractivity contribution is 7.08. The van der Waals surface area contributed by atoms with Crippen LogP contribution in [0.2, 0.25) is 0 Å². The maximum atomic E-state index is 13.5. The summed E-state index contributed by atoms with van der Waals surface area (Å²) in [5.74, 6) is 0.924. The number of hydrogen-bond donors (Lipinski definition) is 0. The van der Waals surface area contributed by atoms with Gasteiger partial charge in [0.1, 0.15) is 5.75 Å². The second-order valence-corrected chi connectivity index (χ2v) is 8.34. The summed E-state index contributed by atoms with van der Waals surface area (Å²) in [5, 5.41) is 5.01. The number of aromatic nitrogens is 1. The molecule has 0 saturated carbocycles. The highest BCUT2D eigenvalue weighted by atomic mass is 32.1. The number of nitrogens with zero attached hydrogens (tertiary/aromatic N) is 3. The molecule has 0 aliphatic carbocycles. The molecule has 1 aliphatic heterocycles. The van der Waals surface area contributed by atoms with Gasteiger partial charge in [-0.05, 0) is 47.8 Å². The molecule has 2 aromatic carbocycles. The van der Waals surface area contributed by atoms with Gasteiger partial charge in [0.2, 0.25) is 0 Å². The third-order valence-corrected chi connectivity index (χ3v) is 6.45. The molecule has 0 spiro atoms. The molecule has 0 radical (unpaired) electrons. The van der Waals surface area contributed by atoms with Crippen LogP contribution in [-0.4, -0.2) is 49.1 Å². The minimum absolute atomic E-state index is 0.0736. The van der Waals surface area contributed by atoms with E-state index in [1.165, 1.54) is 0 Å². The first-order chi connectivity index (χ1) is 15.2. The number of carbonyl (C=O) groups is 1.